The minimum atomic E-state index is 0.471. The number of pyridine rings is 1. The van der Waals surface area contributed by atoms with Crippen molar-refractivity contribution < 1.29 is 8.94 Å². The van der Waals surface area contributed by atoms with E-state index in [-0.39, 0.29) is 0 Å². The van der Waals surface area contributed by atoms with Crippen molar-refractivity contribution in [1.82, 2.24) is 24.9 Å². The van der Waals surface area contributed by atoms with Gasteiger partial charge in [0.05, 0.1) is 12.0 Å². The van der Waals surface area contributed by atoms with Crippen molar-refractivity contribution in [1.29, 1.82) is 0 Å². The summed E-state index contributed by atoms with van der Waals surface area (Å²) in [5.74, 6) is 2.83. The molecule has 8 heteroatoms. The molecule has 0 unspecified atom stereocenters. The second-order valence-electron chi connectivity index (χ2n) is 6.10. The molecule has 0 bridgehead atoms. The van der Waals surface area contributed by atoms with E-state index in [0.29, 0.717) is 23.3 Å². The van der Waals surface area contributed by atoms with E-state index in [2.05, 4.69) is 24.9 Å². The molecular formula is C18H15N5O2S. The molecule has 1 saturated carbocycles. The summed E-state index contributed by atoms with van der Waals surface area (Å²) in [4.78, 5) is 4.19. The summed E-state index contributed by atoms with van der Waals surface area (Å²) in [6.07, 6.45) is 7.52. The van der Waals surface area contributed by atoms with Crippen LogP contribution in [0.2, 0.25) is 0 Å². The first kappa shape index (κ1) is 15.4. The molecule has 7 nitrogen and oxygen atoms in total. The van der Waals surface area contributed by atoms with E-state index >= 15 is 0 Å². The van der Waals surface area contributed by atoms with Crippen molar-refractivity contribution in [2.45, 2.75) is 29.8 Å². The largest absolute Gasteiger partial charge is 0.461 e. The van der Waals surface area contributed by atoms with E-state index < -0.39 is 0 Å². The minimum Gasteiger partial charge on any atom is -0.461 e. The maximum Gasteiger partial charge on any atom is 0.202 e. The van der Waals surface area contributed by atoms with Crippen LogP contribution in [0, 0.1) is 0 Å². The number of hydrogen-bond donors (Lipinski definition) is 0. The van der Waals surface area contributed by atoms with Gasteiger partial charge >= 0.3 is 0 Å². The summed E-state index contributed by atoms with van der Waals surface area (Å²) in [7, 11) is 0. The van der Waals surface area contributed by atoms with Crippen LogP contribution >= 0.6 is 11.8 Å². The molecule has 1 aliphatic rings. The predicted molar refractivity (Wildman–Crippen MR) is 95.3 cm³/mol. The highest BCUT2D eigenvalue weighted by Crippen LogP contribution is 2.41. The Bertz CT molecular complexity index is 1010. The Hall–Kier alpha value is -2.87. The van der Waals surface area contributed by atoms with Crippen LogP contribution in [-0.4, -0.2) is 24.9 Å². The number of rotatable bonds is 6. The van der Waals surface area contributed by atoms with Gasteiger partial charge in [-0.25, -0.2) is 0 Å². The van der Waals surface area contributed by atoms with Gasteiger partial charge in [0.25, 0.3) is 0 Å². The third-order valence-corrected chi connectivity index (χ3v) is 5.15. The topological polar surface area (TPSA) is 82.8 Å². The lowest BCUT2D eigenvalue weighted by Gasteiger charge is -2.07. The zero-order valence-electron chi connectivity index (χ0n) is 13.8. The SMILES string of the molecule is c1cncc(-c2nnc(SCc3cc(-c4ccco4)on3)n2C2CC2)c1. The van der Waals surface area contributed by atoms with Crippen LogP contribution in [-0.2, 0) is 5.75 Å². The van der Waals surface area contributed by atoms with E-state index in [1.165, 1.54) is 0 Å². The molecular weight excluding hydrogens is 350 g/mol. The standard InChI is InChI=1S/C18H15N5O2S/c1-3-12(10-19-7-1)17-20-21-18(23(17)14-5-6-14)26-11-13-9-16(25-22-13)15-4-2-8-24-15/h1-4,7-10,14H,5-6,11H2. The molecule has 0 aromatic carbocycles. The summed E-state index contributed by atoms with van der Waals surface area (Å²) in [5, 5.41) is 13.8. The molecule has 4 aromatic heterocycles. The van der Waals surface area contributed by atoms with Crippen LogP contribution in [0.15, 0.2) is 63.1 Å². The molecule has 0 N–H and O–H groups in total. The molecule has 130 valence electrons. The first-order valence-corrected chi connectivity index (χ1v) is 9.34. The minimum absolute atomic E-state index is 0.471. The van der Waals surface area contributed by atoms with Crippen LogP contribution in [0.4, 0.5) is 0 Å². The smallest absolute Gasteiger partial charge is 0.202 e. The molecule has 0 amide bonds. The second-order valence-corrected chi connectivity index (χ2v) is 7.04. The summed E-state index contributed by atoms with van der Waals surface area (Å²) in [5.41, 5.74) is 1.83. The molecule has 5 rings (SSSR count). The molecule has 1 fully saturated rings. The Morgan fingerprint density at radius 3 is 2.88 bits per heavy atom. The quantitative estimate of drug-likeness (QED) is 0.473. The van der Waals surface area contributed by atoms with Crippen molar-refractivity contribution in [3.8, 4) is 22.9 Å². The monoisotopic (exact) mass is 365 g/mol. The first-order valence-electron chi connectivity index (χ1n) is 8.36. The number of nitrogens with zero attached hydrogens (tertiary/aromatic N) is 5. The van der Waals surface area contributed by atoms with E-state index in [9.17, 15) is 0 Å². The second kappa shape index (κ2) is 6.45. The van der Waals surface area contributed by atoms with Gasteiger partial charge in [0.1, 0.15) is 0 Å². The third-order valence-electron chi connectivity index (χ3n) is 4.17. The Kier molecular flexibility index (Phi) is 3.82. The average Bonchev–Trinajstić information content (AvgIpc) is 3.10. The maximum absolute atomic E-state index is 5.35. The Labute approximate surface area is 153 Å². The molecule has 0 atom stereocenters. The van der Waals surface area contributed by atoms with Crippen molar-refractivity contribution in [2.24, 2.45) is 0 Å². The van der Waals surface area contributed by atoms with Crippen LogP contribution in [0.3, 0.4) is 0 Å². The Morgan fingerprint density at radius 2 is 2.12 bits per heavy atom. The predicted octanol–water partition coefficient (Wildman–Crippen LogP) is 4.22. The zero-order valence-corrected chi connectivity index (χ0v) is 14.6. The summed E-state index contributed by atoms with van der Waals surface area (Å²) in [6, 6.07) is 9.97. The third kappa shape index (κ3) is 2.92. The van der Waals surface area contributed by atoms with Crippen LogP contribution in [0.25, 0.3) is 22.9 Å². The van der Waals surface area contributed by atoms with Gasteiger partial charge in [0, 0.05) is 35.8 Å². The van der Waals surface area contributed by atoms with E-state index in [1.807, 2.05) is 36.5 Å². The van der Waals surface area contributed by atoms with Gasteiger partial charge in [-0.3, -0.25) is 9.55 Å². The lowest BCUT2D eigenvalue weighted by Crippen LogP contribution is -2.00. The molecule has 0 aliphatic heterocycles. The molecule has 4 heterocycles. The molecule has 4 aromatic rings. The zero-order chi connectivity index (χ0) is 17.3. The van der Waals surface area contributed by atoms with Gasteiger partial charge in [-0.05, 0) is 37.1 Å². The van der Waals surface area contributed by atoms with Crippen LogP contribution < -0.4 is 0 Å². The highest BCUT2D eigenvalue weighted by atomic mass is 32.2. The van der Waals surface area contributed by atoms with E-state index in [4.69, 9.17) is 8.94 Å². The summed E-state index contributed by atoms with van der Waals surface area (Å²) < 4.78 is 12.9. The van der Waals surface area contributed by atoms with E-state index in [0.717, 1.165) is 35.1 Å². The lowest BCUT2D eigenvalue weighted by molar-refractivity contribution is 0.413. The summed E-state index contributed by atoms with van der Waals surface area (Å²) in [6.45, 7) is 0. The Balaban J connectivity index is 1.37. The van der Waals surface area contributed by atoms with Crippen molar-refractivity contribution in [3.63, 3.8) is 0 Å². The highest BCUT2D eigenvalue weighted by molar-refractivity contribution is 7.98. The first-order chi connectivity index (χ1) is 12.9. The van der Waals surface area contributed by atoms with Crippen molar-refractivity contribution >= 4 is 11.8 Å². The van der Waals surface area contributed by atoms with Gasteiger partial charge in [0.15, 0.2) is 16.7 Å². The Morgan fingerprint density at radius 1 is 1.15 bits per heavy atom. The van der Waals surface area contributed by atoms with Gasteiger partial charge < -0.3 is 8.94 Å². The van der Waals surface area contributed by atoms with Gasteiger partial charge in [-0.1, -0.05) is 16.9 Å². The molecule has 1 aliphatic carbocycles. The number of thioether (sulfide) groups is 1. The van der Waals surface area contributed by atoms with Gasteiger partial charge in [-0.2, -0.15) is 0 Å². The fraction of sp³-hybridized carbons (Fsp3) is 0.222. The van der Waals surface area contributed by atoms with Crippen molar-refractivity contribution in [2.75, 3.05) is 0 Å². The fourth-order valence-electron chi connectivity index (χ4n) is 2.78. The van der Waals surface area contributed by atoms with Crippen LogP contribution in [0.5, 0.6) is 0 Å². The molecule has 26 heavy (non-hydrogen) atoms. The lowest BCUT2D eigenvalue weighted by atomic mass is 10.3. The van der Waals surface area contributed by atoms with Gasteiger partial charge in [-0.15, -0.1) is 10.2 Å². The molecule has 0 spiro atoms. The van der Waals surface area contributed by atoms with Crippen LogP contribution in [0.1, 0.15) is 24.6 Å². The molecule has 0 radical (unpaired) electrons. The number of hydrogen-bond acceptors (Lipinski definition) is 7. The van der Waals surface area contributed by atoms with E-state index in [1.54, 1.807) is 24.2 Å². The normalized spacial score (nSPS) is 14.0. The van der Waals surface area contributed by atoms with Crippen molar-refractivity contribution in [3.05, 3.63) is 54.7 Å². The molecule has 0 saturated heterocycles. The number of aromatic nitrogens is 5. The maximum atomic E-state index is 5.35. The fourth-order valence-corrected chi connectivity index (χ4v) is 3.67. The van der Waals surface area contributed by atoms with Gasteiger partial charge in [0.2, 0.25) is 5.76 Å². The average molecular weight is 365 g/mol. The summed E-state index contributed by atoms with van der Waals surface area (Å²) >= 11 is 1.61. The highest BCUT2D eigenvalue weighted by Gasteiger charge is 2.30. The number of furan rings is 1.